The minimum absolute atomic E-state index is 0.0115. The number of hydrogen-bond donors (Lipinski definition) is 1. The van der Waals surface area contributed by atoms with E-state index in [9.17, 15) is 19.3 Å². The van der Waals surface area contributed by atoms with Crippen LogP contribution in [-0.4, -0.2) is 52.7 Å². The number of amides is 1. The molecule has 0 spiro atoms. The van der Waals surface area contributed by atoms with Gasteiger partial charge in [-0.1, -0.05) is 6.42 Å². The number of nitro groups is 1. The number of aromatic nitrogens is 2. The average Bonchev–Trinajstić information content (AvgIpc) is 3.31. The van der Waals surface area contributed by atoms with Gasteiger partial charge < -0.3 is 14.4 Å². The highest BCUT2D eigenvalue weighted by Gasteiger charge is 2.28. The lowest BCUT2D eigenvalue weighted by Gasteiger charge is -2.21. The number of hydrogen-bond acceptors (Lipinski definition) is 6. The summed E-state index contributed by atoms with van der Waals surface area (Å²) in [4.78, 5) is 25.3. The number of nitrogens with one attached hydrogen (secondary N) is 1. The van der Waals surface area contributed by atoms with Gasteiger partial charge in [0.1, 0.15) is 24.6 Å². The van der Waals surface area contributed by atoms with Gasteiger partial charge >= 0.3 is 0 Å². The summed E-state index contributed by atoms with van der Waals surface area (Å²) in [5.41, 5.74) is 2.29. The fourth-order valence-electron chi connectivity index (χ4n) is 3.81. The number of aryl methyl sites for hydroxylation is 1. The van der Waals surface area contributed by atoms with E-state index >= 15 is 0 Å². The Morgan fingerprint density at radius 1 is 1.12 bits per heavy atom. The molecule has 178 valence electrons. The molecule has 1 aliphatic heterocycles. The van der Waals surface area contributed by atoms with E-state index in [1.165, 1.54) is 29.2 Å². The third-order valence-corrected chi connectivity index (χ3v) is 5.64. The average molecular weight is 468 g/mol. The topological polar surface area (TPSA) is 111 Å². The van der Waals surface area contributed by atoms with Crippen LogP contribution in [-0.2, 0) is 6.42 Å². The Balaban J connectivity index is 1.27. The van der Waals surface area contributed by atoms with Crippen molar-refractivity contribution in [1.29, 1.82) is 0 Å². The lowest BCUT2D eigenvalue weighted by Crippen LogP contribution is -2.28. The number of fused-ring (bicyclic) bond motifs is 1. The molecule has 3 aromatic rings. The van der Waals surface area contributed by atoms with E-state index in [1.807, 2.05) is 6.07 Å². The van der Waals surface area contributed by atoms with E-state index in [1.54, 1.807) is 19.2 Å². The smallest absolute Gasteiger partial charge is 0.286 e. The maximum atomic E-state index is 13.1. The molecule has 1 amide bonds. The summed E-state index contributed by atoms with van der Waals surface area (Å²) in [6, 6.07) is 10.8. The molecule has 10 heteroatoms. The number of carbonyl (C=O) groups is 1. The second-order valence-corrected chi connectivity index (χ2v) is 8.09. The molecule has 1 aromatic heterocycles. The fourth-order valence-corrected chi connectivity index (χ4v) is 3.81. The van der Waals surface area contributed by atoms with Gasteiger partial charge in [-0.3, -0.25) is 20.0 Å². The van der Waals surface area contributed by atoms with Crippen molar-refractivity contribution in [2.24, 2.45) is 0 Å². The Hall–Kier alpha value is -3.95. The van der Waals surface area contributed by atoms with E-state index in [0.29, 0.717) is 25.5 Å². The second kappa shape index (κ2) is 10.3. The lowest BCUT2D eigenvalue weighted by atomic mass is 10.1. The highest BCUT2D eigenvalue weighted by molar-refractivity contribution is 5.99. The van der Waals surface area contributed by atoms with E-state index in [4.69, 9.17) is 9.47 Å². The monoisotopic (exact) mass is 468 g/mol. The maximum absolute atomic E-state index is 13.1. The molecule has 0 bridgehead atoms. The molecule has 0 unspecified atom stereocenters. The number of nitro benzene ring substituents is 1. The van der Waals surface area contributed by atoms with Crippen LogP contribution >= 0.6 is 0 Å². The van der Waals surface area contributed by atoms with Crippen LogP contribution in [0.15, 0.2) is 42.5 Å². The van der Waals surface area contributed by atoms with Crippen molar-refractivity contribution in [3.8, 4) is 22.8 Å². The first-order valence-corrected chi connectivity index (χ1v) is 11.1. The van der Waals surface area contributed by atoms with Crippen LogP contribution in [0.3, 0.4) is 0 Å². The zero-order valence-corrected chi connectivity index (χ0v) is 18.8. The van der Waals surface area contributed by atoms with Crippen molar-refractivity contribution >= 4 is 11.6 Å². The number of unbranched alkanes of at least 4 members (excludes halogenated alkanes) is 2. The molecule has 9 nitrogen and oxygen atoms in total. The number of nitrogens with zero attached hydrogens (tertiary/aromatic N) is 3. The van der Waals surface area contributed by atoms with Gasteiger partial charge in [0.05, 0.1) is 16.7 Å². The molecule has 0 saturated carbocycles. The van der Waals surface area contributed by atoms with Crippen LogP contribution in [0.5, 0.6) is 11.5 Å². The fraction of sp³-hybridized carbons (Fsp3) is 0.333. The molecule has 1 aliphatic rings. The van der Waals surface area contributed by atoms with Gasteiger partial charge in [0.15, 0.2) is 11.5 Å². The molecule has 0 radical (unpaired) electrons. The number of halogens is 1. The molecule has 0 aliphatic carbocycles. The molecule has 34 heavy (non-hydrogen) atoms. The number of carbonyl (C=O) groups excluding carboxylic acids is 1. The molecule has 4 rings (SSSR count). The minimum atomic E-state index is -0.579. The molecule has 0 atom stereocenters. The van der Waals surface area contributed by atoms with Crippen LogP contribution in [0.1, 0.15) is 35.3 Å². The third-order valence-electron chi connectivity index (χ3n) is 5.64. The Kier molecular flexibility index (Phi) is 7.05. The predicted octanol–water partition coefficient (Wildman–Crippen LogP) is 4.38. The van der Waals surface area contributed by atoms with E-state index in [0.717, 1.165) is 42.6 Å². The maximum Gasteiger partial charge on any atom is 0.286 e. The third kappa shape index (κ3) is 5.33. The molecule has 2 aromatic carbocycles. The van der Waals surface area contributed by atoms with Crippen molar-refractivity contribution in [3.05, 3.63) is 69.7 Å². The van der Waals surface area contributed by atoms with Gasteiger partial charge in [0.25, 0.3) is 11.6 Å². The summed E-state index contributed by atoms with van der Waals surface area (Å²) in [6.07, 6.45) is 3.29. The zero-order chi connectivity index (χ0) is 24.1. The van der Waals surface area contributed by atoms with Gasteiger partial charge in [-0.25, -0.2) is 4.39 Å². The van der Waals surface area contributed by atoms with E-state index in [2.05, 4.69) is 10.2 Å². The Morgan fingerprint density at radius 3 is 2.53 bits per heavy atom. The Morgan fingerprint density at radius 2 is 1.82 bits per heavy atom. The van der Waals surface area contributed by atoms with Crippen molar-refractivity contribution in [2.75, 3.05) is 26.8 Å². The van der Waals surface area contributed by atoms with Crippen molar-refractivity contribution in [3.63, 3.8) is 0 Å². The van der Waals surface area contributed by atoms with Gasteiger partial charge in [-0.15, -0.1) is 0 Å². The molecular formula is C24H25FN4O5. The molecule has 0 saturated heterocycles. The van der Waals surface area contributed by atoms with Crippen LogP contribution in [0.25, 0.3) is 11.3 Å². The number of H-pyrrole nitrogens is 1. The summed E-state index contributed by atoms with van der Waals surface area (Å²) in [7, 11) is 1.63. The van der Waals surface area contributed by atoms with Crippen LogP contribution in [0.4, 0.5) is 10.1 Å². The Bertz CT molecular complexity index is 1180. The first-order valence-electron chi connectivity index (χ1n) is 11.1. The van der Waals surface area contributed by atoms with Gasteiger partial charge in [0.2, 0.25) is 0 Å². The van der Waals surface area contributed by atoms with Gasteiger partial charge in [-0.2, -0.15) is 5.10 Å². The van der Waals surface area contributed by atoms with Crippen molar-refractivity contribution in [1.82, 2.24) is 15.1 Å². The van der Waals surface area contributed by atoms with Gasteiger partial charge in [-0.05, 0) is 49.6 Å². The molecule has 0 fully saturated rings. The SMILES string of the molecule is CN(CCCCCc1cc(-c2ccc(F)cc2)n[nH]1)C(=O)c1cc2c(cc1[N+](=O)[O-])OCCO2. The largest absolute Gasteiger partial charge is 0.486 e. The Labute approximate surface area is 195 Å². The summed E-state index contributed by atoms with van der Waals surface area (Å²) in [5.74, 6) is -0.0978. The van der Waals surface area contributed by atoms with Crippen molar-refractivity contribution < 1.29 is 23.6 Å². The molecule has 1 N–H and O–H groups in total. The summed E-state index contributed by atoms with van der Waals surface area (Å²) in [5, 5.41) is 18.8. The van der Waals surface area contributed by atoms with Crippen LogP contribution in [0.2, 0.25) is 0 Å². The number of benzene rings is 2. The first kappa shape index (κ1) is 23.2. The molecular weight excluding hydrogens is 443 g/mol. The van der Waals surface area contributed by atoms with Crippen LogP contribution in [0, 0.1) is 15.9 Å². The summed E-state index contributed by atoms with van der Waals surface area (Å²) in [6.45, 7) is 1.10. The predicted molar refractivity (Wildman–Crippen MR) is 123 cm³/mol. The number of rotatable bonds is 9. The van der Waals surface area contributed by atoms with E-state index in [-0.39, 0.29) is 22.8 Å². The standard InChI is InChI=1S/C24H25FN4O5/c1-28(24(30)19-14-22-23(34-12-11-33-22)15-21(19)29(31)32)10-4-2-3-5-18-13-20(27-26-18)16-6-8-17(25)9-7-16/h6-9,13-15H,2-5,10-12H2,1H3,(H,26,27). The highest BCUT2D eigenvalue weighted by atomic mass is 19.1. The van der Waals surface area contributed by atoms with Crippen molar-refractivity contribution in [2.45, 2.75) is 25.7 Å². The van der Waals surface area contributed by atoms with E-state index < -0.39 is 10.8 Å². The van der Waals surface area contributed by atoms with Gasteiger partial charge in [0, 0.05) is 30.9 Å². The minimum Gasteiger partial charge on any atom is -0.486 e. The molecule has 2 heterocycles. The summed E-state index contributed by atoms with van der Waals surface area (Å²) < 4.78 is 23.9. The quantitative estimate of drug-likeness (QED) is 0.283. The highest BCUT2D eigenvalue weighted by Crippen LogP contribution is 2.37. The van der Waals surface area contributed by atoms with Crippen LogP contribution < -0.4 is 9.47 Å². The first-order chi connectivity index (χ1) is 16.4. The lowest BCUT2D eigenvalue weighted by molar-refractivity contribution is -0.385. The number of aromatic amines is 1. The zero-order valence-electron chi connectivity index (χ0n) is 18.8. The summed E-state index contributed by atoms with van der Waals surface area (Å²) >= 11 is 0. The second-order valence-electron chi connectivity index (χ2n) is 8.09. The number of ether oxygens (including phenoxy) is 2. The normalized spacial score (nSPS) is 12.4.